The summed E-state index contributed by atoms with van der Waals surface area (Å²) >= 11 is 1.29. The van der Waals surface area contributed by atoms with Crippen molar-refractivity contribution in [2.45, 2.75) is 5.03 Å². The van der Waals surface area contributed by atoms with Gasteiger partial charge in [-0.2, -0.15) is 0 Å². The molecule has 1 aromatic carbocycles. The van der Waals surface area contributed by atoms with Gasteiger partial charge in [-0.25, -0.2) is 9.78 Å². The molecule has 6 heteroatoms. The molecule has 1 heterocycles. The van der Waals surface area contributed by atoms with Crippen LogP contribution in [0.2, 0.25) is 0 Å². The lowest BCUT2D eigenvalue weighted by atomic mass is 10.2. The first-order chi connectivity index (χ1) is 9.66. The van der Waals surface area contributed by atoms with Crippen molar-refractivity contribution < 1.29 is 14.7 Å². The number of anilines is 1. The zero-order valence-electron chi connectivity index (χ0n) is 10.4. The van der Waals surface area contributed by atoms with E-state index in [1.54, 1.807) is 30.5 Å². The van der Waals surface area contributed by atoms with E-state index in [1.165, 1.54) is 17.8 Å². The molecule has 102 valence electrons. The third kappa shape index (κ3) is 3.83. The Bertz CT molecular complexity index is 617. The highest BCUT2D eigenvalue weighted by Crippen LogP contribution is 2.17. The molecule has 0 radical (unpaired) electrons. The molecule has 2 N–H and O–H groups in total. The number of carboxylic acid groups (broad SMARTS) is 1. The zero-order valence-corrected chi connectivity index (χ0v) is 11.3. The van der Waals surface area contributed by atoms with E-state index in [-0.39, 0.29) is 17.2 Å². The molecule has 0 fully saturated rings. The molecular formula is C14H12N2O3S. The Morgan fingerprint density at radius 1 is 1.15 bits per heavy atom. The van der Waals surface area contributed by atoms with E-state index < -0.39 is 5.97 Å². The van der Waals surface area contributed by atoms with Crippen molar-refractivity contribution in [3.8, 4) is 0 Å². The van der Waals surface area contributed by atoms with Gasteiger partial charge < -0.3 is 10.4 Å². The molecule has 0 atom stereocenters. The fourth-order valence-electron chi connectivity index (χ4n) is 1.54. The molecule has 0 aliphatic heterocycles. The monoisotopic (exact) mass is 288 g/mol. The third-order valence-electron chi connectivity index (χ3n) is 2.42. The van der Waals surface area contributed by atoms with Gasteiger partial charge in [0.15, 0.2) is 0 Å². The number of nitrogens with zero attached hydrogens (tertiary/aromatic N) is 1. The number of thioether (sulfide) groups is 1. The summed E-state index contributed by atoms with van der Waals surface area (Å²) in [6.45, 7) is 0. The number of nitrogens with one attached hydrogen (secondary N) is 1. The molecule has 0 aliphatic rings. The second-order valence-electron chi connectivity index (χ2n) is 3.86. The molecule has 0 bridgehead atoms. The van der Waals surface area contributed by atoms with Gasteiger partial charge in [0.1, 0.15) is 0 Å². The predicted octanol–water partition coefficient (Wildman–Crippen LogP) is 2.51. The van der Waals surface area contributed by atoms with Crippen molar-refractivity contribution in [2.24, 2.45) is 0 Å². The van der Waals surface area contributed by atoms with E-state index in [4.69, 9.17) is 5.11 Å². The van der Waals surface area contributed by atoms with Crippen molar-refractivity contribution in [1.29, 1.82) is 0 Å². The van der Waals surface area contributed by atoms with Crippen molar-refractivity contribution in [3.05, 3.63) is 54.2 Å². The summed E-state index contributed by atoms with van der Waals surface area (Å²) in [7, 11) is 0. The van der Waals surface area contributed by atoms with Gasteiger partial charge >= 0.3 is 5.97 Å². The Morgan fingerprint density at radius 3 is 2.60 bits per heavy atom. The van der Waals surface area contributed by atoms with Crippen LogP contribution in [0.1, 0.15) is 10.4 Å². The Morgan fingerprint density at radius 2 is 1.90 bits per heavy atom. The van der Waals surface area contributed by atoms with Crippen LogP contribution in [0, 0.1) is 0 Å². The zero-order chi connectivity index (χ0) is 14.4. The largest absolute Gasteiger partial charge is 0.478 e. The number of para-hydroxylation sites is 1. The predicted molar refractivity (Wildman–Crippen MR) is 77.0 cm³/mol. The number of aromatic carboxylic acids is 1. The van der Waals surface area contributed by atoms with Crippen LogP contribution in [0.15, 0.2) is 53.7 Å². The summed E-state index contributed by atoms with van der Waals surface area (Å²) in [6, 6.07) is 11.7. The number of pyridine rings is 1. The minimum atomic E-state index is -1.07. The summed E-state index contributed by atoms with van der Waals surface area (Å²) in [5.74, 6) is -1.17. The van der Waals surface area contributed by atoms with Crippen LogP contribution in [-0.4, -0.2) is 27.7 Å². The first-order valence-corrected chi connectivity index (χ1v) is 6.81. The fourth-order valence-corrected chi connectivity index (χ4v) is 2.20. The van der Waals surface area contributed by atoms with Crippen molar-refractivity contribution in [3.63, 3.8) is 0 Å². The topological polar surface area (TPSA) is 79.3 Å². The van der Waals surface area contributed by atoms with E-state index in [0.717, 1.165) is 5.03 Å². The average Bonchev–Trinajstić information content (AvgIpc) is 2.46. The van der Waals surface area contributed by atoms with E-state index >= 15 is 0 Å². The van der Waals surface area contributed by atoms with Gasteiger partial charge in [-0.1, -0.05) is 30.0 Å². The molecule has 0 saturated carbocycles. The number of carbonyl (C=O) groups is 2. The second-order valence-corrected chi connectivity index (χ2v) is 4.85. The molecule has 0 saturated heterocycles. The van der Waals surface area contributed by atoms with Crippen molar-refractivity contribution in [2.75, 3.05) is 11.1 Å². The van der Waals surface area contributed by atoms with Gasteiger partial charge in [0.05, 0.1) is 22.0 Å². The van der Waals surface area contributed by atoms with Gasteiger partial charge in [0.2, 0.25) is 5.91 Å². The fraction of sp³-hybridized carbons (Fsp3) is 0.0714. The van der Waals surface area contributed by atoms with Crippen LogP contribution in [0.25, 0.3) is 0 Å². The molecule has 0 aliphatic carbocycles. The average molecular weight is 288 g/mol. The summed E-state index contributed by atoms with van der Waals surface area (Å²) in [5.41, 5.74) is 0.371. The number of hydrogen-bond acceptors (Lipinski definition) is 4. The Hall–Kier alpha value is -2.34. The number of aromatic nitrogens is 1. The van der Waals surface area contributed by atoms with Crippen LogP contribution < -0.4 is 5.32 Å². The Kier molecular flexibility index (Phi) is 4.73. The van der Waals surface area contributed by atoms with Crippen LogP contribution in [0.4, 0.5) is 5.69 Å². The third-order valence-corrected chi connectivity index (χ3v) is 3.36. The standard InChI is InChI=1S/C14H12N2O3S/c17-12(9-20-13-7-3-4-8-15-13)16-11-6-2-1-5-10(11)14(18)19/h1-8H,9H2,(H,16,17)(H,18,19). The maximum atomic E-state index is 11.8. The normalized spacial score (nSPS) is 10.0. The molecule has 1 amide bonds. The number of benzene rings is 1. The number of amides is 1. The van der Waals surface area contributed by atoms with Crippen LogP contribution in [0.3, 0.4) is 0 Å². The maximum Gasteiger partial charge on any atom is 0.337 e. The molecule has 1 aromatic heterocycles. The molecular weight excluding hydrogens is 276 g/mol. The number of carboxylic acids is 1. The molecule has 0 unspecified atom stereocenters. The van der Waals surface area contributed by atoms with Crippen LogP contribution >= 0.6 is 11.8 Å². The summed E-state index contributed by atoms with van der Waals surface area (Å²) < 4.78 is 0. The van der Waals surface area contributed by atoms with Crippen LogP contribution in [-0.2, 0) is 4.79 Å². The minimum absolute atomic E-state index is 0.0729. The Balaban J connectivity index is 1.97. The highest BCUT2D eigenvalue weighted by Gasteiger charge is 2.11. The van der Waals surface area contributed by atoms with E-state index in [0.29, 0.717) is 5.69 Å². The number of rotatable bonds is 5. The van der Waals surface area contributed by atoms with Crippen molar-refractivity contribution >= 4 is 29.3 Å². The van der Waals surface area contributed by atoms with E-state index in [9.17, 15) is 9.59 Å². The lowest BCUT2D eigenvalue weighted by molar-refractivity contribution is -0.113. The minimum Gasteiger partial charge on any atom is -0.478 e. The van der Waals surface area contributed by atoms with E-state index in [2.05, 4.69) is 10.3 Å². The smallest absolute Gasteiger partial charge is 0.337 e. The maximum absolute atomic E-state index is 11.8. The quantitative estimate of drug-likeness (QED) is 0.826. The summed E-state index contributed by atoms with van der Waals surface area (Å²) in [6.07, 6.45) is 1.65. The van der Waals surface area contributed by atoms with Crippen molar-refractivity contribution in [1.82, 2.24) is 4.98 Å². The lowest BCUT2D eigenvalue weighted by Gasteiger charge is -2.07. The van der Waals surface area contributed by atoms with Gasteiger partial charge in [-0.3, -0.25) is 4.79 Å². The Labute approximate surface area is 120 Å². The molecule has 5 nitrogen and oxygen atoms in total. The van der Waals surface area contributed by atoms with Gasteiger partial charge in [-0.05, 0) is 24.3 Å². The first-order valence-electron chi connectivity index (χ1n) is 5.83. The van der Waals surface area contributed by atoms with E-state index in [1.807, 2.05) is 12.1 Å². The summed E-state index contributed by atoms with van der Waals surface area (Å²) in [4.78, 5) is 26.9. The summed E-state index contributed by atoms with van der Waals surface area (Å²) in [5, 5.41) is 12.4. The van der Waals surface area contributed by atoms with Crippen LogP contribution in [0.5, 0.6) is 0 Å². The first kappa shape index (κ1) is 14.1. The molecule has 20 heavy (non-hydrogen) atoms. The lowest BCUT2D eigenvalue weighted by Crippen LogP contribution is -2.16. The van der Waals surface area contributed by atoms with Gasteiger partial charge in [0, 0.05) is 6.20 Å². The SMILES string of the molecule is O=C(CSc1ccccn1)Nc1ccccc1C(=O)O. The van der Waals surface area contributed by atoms with Gasteiger partial charge in [-0.15, -0.1) is 0 Å². The highest BCUT2D eigenvalue weighted by molar-refractivity contribution is 7.99. The molecule has 2 rings (SSSR count). The number of carbonyl (C=O) groups excluding carboxylic acids is 1. The molecule has 0 spiro atoms. The molecule has 2 aromatic rings. The van der Waals surface area contributed by atoms with Gasteiger partial charge in [0.25, 0.3) is 0 Å². The number of hydrogen-bond donors (Lipinski definition) is 2. The highest BCUT2D eigenvalue weighted by atomic mass is 32.2. The second kappa shape index (κ2) is 6.72.